The quantitative estimate of drug-likeness (QED) is 0.171. The van der Waals surface area contributed by atoms with Gasteiger partial charge in [0.15, 0.2) is 0 Å². The first-order valence-corrected chi connectivity index (χ1v) is 12.5. The number of para-hydroxylation sites is 1. The number of anilines is 2. The van der Waals surface area contributed by atoms with E-state index >= 15 is 0 Å². The molecule has 0 aliphatic carbocycles. The van der Waals surface area contributed by atoms with Gasteiger partial charge >= 0.3 is 5.97 Å². The molecule has 0 radical (unpaired) electrons. The summed E-state index contributed by atoms with van der Waals surface area (Å²) in [6.45, 7) is 3.33. The minimum atomic E-state index is -2.08. The number of carbonyl (C=O) groups is 3. The second-order valence-electron chi connectivity index (χ2n) is 7.40. The van der Waals surface area contributed by atoms with Gasteiger partial charge in [0.05, 0.1) is 17.0 Å². The number of nitrogens with one attached hydrogen (secondary N) is 3. The number of thiophene rings is 1. The van der Waals surface area contributed by atoms with Gasteiger partial charge in [-0.1, -0.05) is 53.0 Å². The fourth-order valence-corrected chi connectivity index (χ4v) is 4.58. The standard InChI is InChI=1S/C24H21Cl3FN3O4S/c1-3-35-22(34)17-13(2)18(20(33)29-16-7-5-4-6-8-16)36-21(17)31-23(24(25,26)27)30-19(32)14-9-11-15(28)12-10-14/h4-12,23,31H,3H2,1-2H3,(H,29,33)(H,30,32)/t23-/m0/s1. The van der Waals surface area contributed by atoms with E-state index in [9.17, 15) is 18.8 Å². The molecule has 0 spiro atoms. The SMILES string of the molecule is CCOC(=O)c1c(N[C@H](NC(=O)c2ccc(F)cc2)C(Cl)(Cl)Cl)sc(C(=O)Nc2ccccc2)c1C. The lowest BCUT2D eigenvalue weighted by molar-refractivity contribution is 0.0527. The zero-order chi connectivity index (χ0) is 26.5. The summed E-state index contributed by atoms with van der Waals surface area (Å²) in [5.41, 5.74) is 1.10. The maximum atomic E-state index is 13.2. The minimum Gasteiger partial charge on any atom is -0.462 e. The Morgan fingerprint density at radius 2 is 1.67 bits per heavy atom. The number of carbonyl (C=O) groups excluding carboxylic acids is 3. The molecular weight excluding hydrogens is 552 g/mol. The lowest BCUT2D eigenvalue weighted by Gasteiger charge is -2.27. The first-order valence-electron chi connectivity index (χ1n) is 10.6. The van der Waals surface area contributed by atoms with E-state index in [0.29, 0.717) is 11.3 Å². The van der Waals surface area contributed by atoms with Gasteiger partial charge in [-0.15, -0.1) is 11.3 Å². The largest absolute Gasteiger partial charge is 0.462 e. The van der Waals surface area contributed by atoms with Crippen LogP contribution in [0.2, 0.25) is 0 Å². The number of esters is 1. The van der Waals surface area contributed by atoms with Crippen LogP contribution in [0.4, 0.5) is 15.1 Å². The molecule has 0 saturated carbocycles. The minimum absolute atomic E-state index is 0.0651. The lowest BCUT2D eigenvalue weighted by Crippen LogP contribution is -2.49. The number of rotatable bonds is 8. The van der Waals surface area contributed by atoms with Crippen molar-refractivity contribution >= 4 is 74.6 Å². The Hall–Kier alpha value is -2.85. The summed E-state index contributed by atoms with van der Waals surface area (Å²) in [5, 5.41) is 8.30. The van der Waals surface area contributed by atoms with Gasteiger partial charge in [-0.05, 0) is 55.8 Å². The third-order valence-corrected chi connectivity index (χ3v) is 6.73. The zero-order valence-corrected chi connectivity index (χ0v) is 22.1. The molecule has 190 valence electrons. The van der Waals surface area contributed by atoms with Crippen LogP contribution >= 0.6 is 46.1 Å². The highest BCUT2D eigenvalue weighted by Crippen LogP contribution is 2.38. The van der Waals surface area contributed by atoms with Crippen LogP contribution in [-0.4, -0.2) is 34.3 Å². The molecule has 0 fully saturated rings. The van der Waals surface area contributed by atoms with E-state index in [0.717, 1.165) is 23.5 Å². The number of alkyl halides is 3. The third kappa shape index (κ3) is 6.88. The topological polar surface area (TPSA) is 96.5 Å². The predicted molar refractivity (Wildman–Crippen MR) is 141 cm³/mol. The number of halogens is 4. The predicted octanol–water partition coefficient (Wildman–Crippen LogP) is 6.16. The first-order chi connectivity index (χ1) is 17.0. The second-order valence-corrected chi connectivity index (χ2v) is 10.8. The Morgan fingerprint density at radius 1 is 1.03 bits per heavy atom. The molecule has 7 nitrogen and oxygen atoms in total. The van der Waals surface area contributed by atoms with Crippen molar-refractivity contribution in [2.45, 2.75) is 23.8 Å². The number of benzene rings is 2. The van der Waals surface area contributed by atoms with Crippen molar-refractivity contribution in [3.8, 4) is 0 Å². The van der Waals surface area contributed by atoms with Gasteiger partial charge in [-0.3, -0.25) is 9.59 Å². The fourth-order valence-electron chi connectivity index (χ4n) is 3.14. The van der Waals surface area contributed by atoms with E-state index in [-0.39, 0.29) is 27.6 Å². The molecule has 3 N–H and O–H groups in total. The van der Waals surface area contributed by atoms with E-state index in [4.69, 9.17) is 39.5 Å². The van der Waals surface area contributed by atoms with Crippen molar-refractivity contribution in [2.24, 2.45) is 0 Å². The fraction of sp³-hybridized carbons (Fsp3) is 0.208. The first kappa shape index (κ1) is 27.7. The van der Waals surface area contributed by atoms with Gasteiger partial charge in [0, 0.05) is 11.3 Å². The summed E-state index contributed by atoms with van der Waals surface area (Å²) in [7, 11) is 0. The molecule has 0 saturated heterocycles. The number of hydrogen-bond donors (Lipinski definition) is 3. The number of amides is 2. The lowest BCUT2D eigenvalue weighted by atomic mass is 10.1. The molecule has 0 aliphatic rings. The number of ether oxygens (including phenoxy) is 1. The summed E-state index contributed by atoms with van der Waals surface area (Å²) in [6, 6.07) is 13.6. The maximum absolute atomic E-state index is 13.2. The van der Waals surface area contributed by atoms with E-state index in [1.807, 2.05) is 6.07 Å². The van der Waals surface area contributed by atoms with E-state index in [1.165, 1.54) is 12.1 Å². The molecule has 1 heterocycles. The Bertz CT molecular complexity index is 1250. The Labute approximate surface area is 225 Å². The van der Waals surface area contributed by atoms with Gasteiger partial charge in [-0.2, -0.15) is 0 Å². The monoisotopic (exact) mass is 571 g/mol. The molecular formula is C24H21Cl3FN3O4S. The van der Waals surface area contributed by atoms with Crippen LogP contribution in [0, 0.1) is 12.7 Å². The number of hydrogen-bond acceptors (Lipinski definition) is 6. The van der Waals surface area contributed by atoms with Crippen LogP contribution in [0.5, 0.6) is 0 Å². The van der Waals surface area contributed by atoms with Crippen LogP contribution in [0.15, 0.2) is 54.6 Å². The molecule has 2 amide bonds. The molecule has 1 aromatic heterocycles. The van der Waals surface area contributed by atoms with Gasteiger partial charge in [0.25, 0.3) is 11.8 Å². The molecule has 36 heavy (non-hydrogen) atoms. The second kappa shape index (κ2) is 11.9. The van der Waals surface area contributed by atoms with Gasteiger partial charge in [0.1, 0.15) is 17.0 Å². The van der Waals surface area contributed by atoms with Gasteiger partial charge < -0.3 is 20.7 Å². The van der Waals surface area contributed by atoms with Crippen LogP contribution in [-0.2, 0) is 4.74 Å². The third-order valence-electron chi connectivity index (χ3n) is 4.85. The van der Waals surface area contributed by atoms with Gasteiger partial charge in [-0.25, -0.2) is 9.18 Å². The van der Waals surface area contributed by atoms with Gasteiger partial charge in [0.2, 0.25) is 3.79 Å². The Kier molecular flexibility index (Phi) is 9.19. The smallest absolute Gasteiger partial charge is 0.341 e. The zero-order valence-electron chi connectivity index (χ0n) is 19.0. The highest BCUT2D eigenvalue weighted by atomic mass is 35.6. The maximum Gasteiger partial charge on any atom is 0.341 e. The summed E-state index contributed by atoms with van der Waals surface area (Å²) in [4.78, 5) is 38.7. The normalized spacial score (nSPS) is 11.9. The van der Waals surface area contributed by atoms with Crippen molar-refractivity contribution in [3.05, 3.63) is 82.0 Å². The van der Waals surface area contributed by atoms with E-state index in [1.54, 1.807) is 38.1 Å². The molecule has 1 atom stereocenters. The molecule has 3 rings (SSSR count). The Morgan fingerprint density at radius 3 is 2.25 bits per heavy atom. The molecule has 3 aromatic rings. The van der Waals surface area contributed by atoms with Crippen LogP contribution in [0.3, 0.4) is 0 Å². The van der Waals surface area contributed by atoms with Crippen LogP contribution < -0.4 is 16.0 Å². The highest BCUT2D eigenvalue weighted by molar-refractivity contribution is 7.18. The van der Waals surface area contributed by atoms with E-state index in [2.05, 4.69) is 16.0 Å². The Balaban J connectivity index is 1.95. The van der Waals surface area contributed by atoms with E-state index < -0.39 is 33.6 Å². The van der Waals surface area contributed by atoms with Crippen LogP contribution in [0.25, 0.3) is 0 Å². The van der Waals surface area contributed by atoms with Crippen LogP contribution in [0.1, 0.15) is 42.9 Å². The van der Waals surface area contributed by atoms with Crippen molar-refractivity contribution in [1.82, 2.24) is 5.32 Å². The average Bonchev–Trinajstić information content (AvgIpc) is 3.15. The average molecular weight is 573 g/mol. The van der Waals surface area contributed by atoms with Crippen molar-refractivity contribution in [2.75, 3.05) is 17.2 Å². The summed E-state index contributed by atoms with van der Waals surface area (Å²) < 4.78 is 16.3. The summed E-state index contributed by atoms with van der Waals surface area (Å²) in [6.07, 6.45) is -1.34. The summed E-state index contributed by atoms with van der Waals surface area (Å²) in [5.74, 6) is -2.33. The van der Waals surface area contributed by atoms with Crippen molar-refractivity contribution < 1.29 is 23.5 Å². The van der Waals surface area contributed by atoms with Crippen molar-refractivity contribution in [1.29, 1.82) is 0 Å². The molecule has 2 aromatic carbocycles. The molecule has 12 heteroatoms. The summed E-state index contributed by atoms with van der Waals surface area (Å²) >= 11 is 19.3. The molecule has 0 aliphatic heterocycles. The van der Waals surface area contributed by atoms with Crippen molar-refractivity contribution in [3.63, 3.8) is 0 Å². The molecule has 0 unspecified atom stereocenters. The molecule has 0 bridgehead atoms. The highest BCUT2D eigenvalue weighted by Gasteiger charge is 2.37.